The number of nitrogens with zero attached hydrogens (tertiary/aromatic N) is 2. The number of anilines is 1. The quantitative estimate of drug-likeness (QED) is 0.512. The van der Waals surface area contributed by atoms with Gasteiger partial charge in [0.25, 0.3) is 11.6 Å². The fraction of sp³-hybridized carbons (Fsp3) is 0.167. The molecule has 0 bridgehead atoms. The zero-order valence-electron chi connectivity index (χ0n) is 10.8. The first-order chi connectivity index (χ1) is 9.52. The van der Waals surface area contributed by atoms with Gasteiger partial charge in [0, 0.05) is 17.2 Å². The molecule has 20 heavy (non-hydrogen) atoms. The van der Waals surface area contributed by atoms with E-state index in [1.165, 1.54) is 17.8 Å². The number of rotatable bonds is 4. The minimum absolute atomic E-state index is 0.0773. The number of carbonyl (C=O) groups is 1. The lowest BCUT2D eigenvalue weighted by Gasteiger charge is -2.05. The summed E-state index contributed by atoms with van der Waals surface area (Å²) in [6.07, 6.45) is 3.32. The number of nitro groups is 1. The van der Waals surface area contributed by atoms with Gasteiger partial charge in [0.15, 0.2) is 0 Å². The number of hydrogen-bond donors (Lipinski definition) is 2. The van der Waals surface area contributed by atoms with Gasteiger partial charge in [-0.25, -0.2) is 0 Å². The molecule has 0 aliphatic rings. The Balaban J connectivity index is 2.29. The fourth-order valence-corrected chi connectivity index (χ4v) is 2.18. The molecular weight excluding hydrogens is 280 g/mol. The lowest BCUT2D eigenvalue weighted by molar-refractivity contribution is -0.387. The molecule has 1 aromatic carbocycles. The molecule has 0 saturated heterocycles. The Morgan fingerprint density at radius 3 is 2.80 bits per heavy atom. The van der Waals surface area contributed by atoms with E-state index in [9.17, 15) is 14.9 Å². The number of aryl methyl sites for hydroxylation is 1. The molecular formula is C12H12N4O3S. The van der Waals surface area contributed by atoms with Crippen molar-refractivity contribution in [2.24, 2.45) is 0 Å². The van der Waals surface area contributed by atoms with Crippen LogP contribution in [-0.2, 0) is 0 Å². The lowest BCUT2D eigenvalue weighted by Crippen LogP contribution is -2.13. The van der Waals surface area contributed by atoms with Crippen LogP contribution in [0, 0.1) is 17.0 Å². The van der Waals surface area contributed by atoms with E-state index >= 15 is 0 Å². The predicted molar refractivity (Wildman–Crippen MR) is 76.2 cm³/mol. The molecule has 7 nitrogen and oxygen atoms in total. The Labute approximate surface area is 118 Å². The van der Waals surface area contributed by atoms with Gasteiger partial charge in [-0.15, -0.1) is 11.8 Å². The summed E-state index contributed by atoms with van der Waals surface area (Å²) >= 11 is 1.26. The molecule has 0 radical (unpaired) electrons. The predicted octanol–water partition coefficient (Wildman–Crippen LogP) is 2.60. The lowest BCUT2D eigenvalue weighted by atomic mass is 10.2. The highest BCUT2D eigenvalue weighted by Gasteiger charge is 2.17. The van der Waals surface area contributed by atoms with E-state index in [0.717, 1.165) is 5.56 Å². The van der Waals surface area contributed by atoms with Gasteiger partial charge in [-0.05, 0) is 25.3 Å². The summed E-state index contributed by atoms with van der Waals surface area (Å²) in [5.74, 6) is 0.0553. The number of benzene rings is 1. The second-order valence-corrected chi connectivity index (χ2v) is 4.87. The molecule has 1 amide bonds. The molecule has 0 spiro atoms. The zero-order valence-corrected chi connectivity index (χ0v) is 11.7. The third-order valence-electron chi connectivity index (χ3n) is 2.71. The maximum Gasteiger partial charge on any atom is 0.283 e. The van der Waals surface area contributed by atoms with E-state index in [1.807, 2.05) is 0 Å². The molecule has 2 aromatic rings. The topological polar surface area (TPSA) is 101 Å². The van der Waals surface area contributed by atoms with E-state index in [0.29, 0.717) is 10.7 Å². The van der Waals surface area contributed by atoms with Crippen LogP contribution >= 0.6 is 11.8 Å². The number of aromatic amines is 1. The molecule has 0 aliphatic heterocycles. The summed E-state index contributed by atoms with van der Waals surface area (Å²) in [5.41, 5.74) is 0.934. The first-order valence-electron chi connectivity index (χ1n) is 5.66. The summed E-state index contributed by atoms with van der Waals surface area (Å²) in [5, 5.41) is 20.0. The van der Waals surface area contributed by atoms with E-state index in [1.54, 1.807) is 31.5 Å². The van der Waals surface area contributed by atoms with Crippen molar-refractivity contribution in [1.29, 1.82) is 0 Å². The smallest absolute Gasteiger partial charge is 0.283 e. The minimum Gasteiger partial charge on any atom is -0.307 e. The second kappa shape index (κ2) is 5.74. The van der Waals surface area contributed by atoms with Crippen molar-refractivity contribution in [1.82, 2.24) is 10.2 Å². The SMILES string of the molecule is CSc1ccc(C(=O)Nc2[nH]ncc2C)cc1[N+](=O)[O-]. The van der Waals surface area contributed by atoms with E-state index in [-0.39, 0.29) is 11.3 Å². The van der Waals surface area contributed by atoms with Crippen molar-refractivity contribution in [2.75, 3.05) is 11.6 Å². The summed E-state index contributed by atoms with van der Waals surface area (Å²) in [6, 6.07) is 4.39. The van der Waals surface area contributed by atoms with Gasteiger partial charge >= 0.3 is 0 Å². The fourth-order valence-electron chi connectivity index (χ4n) is 1.63. The third-order valence-corrected chi connectivity index (χ3v) is 3.49. The van der Waals surface area contributed by atoms with Crippen LogP contribution in [0.3, 0.4) is 0 Å². The van der Waals surface area contributed by atoms with Crippen LogP contribution in [-0.4, -0.2) is 27.3 Å². The summed E-state index contributed by atoms with van der Waals surface area (Å²) in [6.45, 7) is 1.79. The molecule has 1 aromatic heterocycles. The average Bonchev–Trinajstić information content (AvgIpc) is 2.83. The largest absolute Gasteiger partial charge is 0.307 e. The number of thioether (sulfide) groups is 1. The van der Waals surface area contributed by atoms with Gasteiger partial charge in [0.1, 0.15) is 5.82 Å². The molecule has 0 aliphatic carbocycles. The van der Waals surface area contributed by atoms with Gasteiger partial charge in [-0.2, -0.15) is 5.10 Å². The normalized spacial score (nSPS) is 10.3. The van der Waals surface area contributed by atoms with Crippen molar-refractivity contribution in [3.8, 4) is 0 Å². The molecule has 0 unspecified atom stereocenters. The second-order valence-electron chi connectivity index (χ2n) is 4.03. The molecule has 2 N–H and O–H groups in total. The van der Waals surface area contributed by atoms with Crippen LogP contribution in [0.4, 0.5) is 11.5 Å². The highest BCUT2D eigenvalue weighted by molar-refractivity contribution is 7.98. The van der Waals surface area contributed by atoms with Crippen LogP contribution in [0.15, 0.2) is 29.3 Å². The van der Waals surface area contributed by atoms with Gasteiger partial charge in [-0.1, -0.05) is 0 Å². The highest BCUT2D eigenvalue weighted by atomic mass is 32.2. The summed E-state index contributed by atoms with van der Waals surface area (Å²) in [7, 11) is 0. The number of amides is 1. The Hall–Kier alpha value is -2.35. The molecule has 1 heterocycles. The molecule has 0 atom stereocenters. The van der Waals surface area contributed by atoms with Crippen molar-refractivity contribution in [2.45, 2.75) is 11.8 Å². The number of nitro benzene ring substituents is 1. The number of nitrogens with one attached hydrogen (secondary N) is 2. The van der Waals surface area contributed by atoms with Crippen molar-refractivity contribution >= 4 is 29.2 Å². The highest BCUT2D eigenvalue weighted by Crippen LogP contribution is 2.28. The number of hydrogen-bond acceptors (Lipinski definition) is 5. The van der Waals surface area contributed by atoms with Gasteiger partial charge < -0.3 is 5.32 Å². The van der Waals surface area contributed by atoms with Crippen LogP contribution in [0.25, 0.3) is 0 Å². The maximum absolute atomic E-state index is 12.1. The number of H-pyrrole nitrogens is 1. The molecule has 8 heteroatoms. The summed E-state index contributed by atoms with van der Waals surface area (Å²) < 4.78 is 0. The average molecular weight is 292 g/mol. The van der Waals surface area contributed by atoms with Crippen molar-refractivity contribution < 1.29 is 9.72 Å². The third kappa shape index (κ3) is 2.80. The zero-order chi connectivity index (χ0) is 14.7. The number of carbonyl (C=O) groups excluding carboxylic acids is 1. The monoisotopic (exact) mass is 292 g/mol. The van der Waals surface area contributed by atoms with E-state index in [4.69, 9.17) is 0 Å². The van der Waals surface area contributed by atoms with E-state index < -0.39 is 10.8 Å². The van der Waals surface area contributed by atoms with Crippen LogP contribution in [0.1, 0.15) is 15.9 Å². The Morgan fingerprint density at radius 2 is 2.25 bits per heavy atom. The van der Waals surface area contributed by atoms with Crippen LogP contribution < -0.4 is 5.32 Å². The van der Waals surface area contributed by atoms with Gasteiger partial charge in [0.2, 0.25) is 0 Å². The minimum atomic E-state index is -0.496. The van der Waals surface area contributed by atoms with Gasteiger partial charge in [0.05, 0.1) is 16.0 Å². The van der Waals surface area contributed by atoms with E-state index in [2.05, 4.69) is 15.5 Å². The van der Waals surface area contributed by atoms with Crippen LogP contribution in [0.5, 0.6) is 0 Å². The first-order valence-corrected chi connectivity index (χ1v) is 6.89. The standard InChI is InChI=1S/C12H12N4O3S/c1-7-6-13-15-11(7)14-12(17)8-3-4-10(20-2)9(5-8)16(18)19/h3-6H,1-2H3,(H2,13,14,15,17). The first kappa shape index (κ1) is 14.1. The van der Waals surface area contributed by atoms with Crippen LogP contribution in [0.2, 0.25) is 0 Å². The van der Waals surface area contributed by atoms with Crippen molar-refractivity contribution in [3.63, 3.8) is 0 Å². The molecule has 0 saturated carbocycles. The Kier molecular flexibility index (Phi) is 4.04. The molecule has 104 valence electrons. The Bertz CT molecular complexity index is 668. The molecule has 2 rings (SSSR count). The Morgan fingerprint density at radius 1 is 1.50 bits per heavy atom. The molecule has 0 fully saturated rings. The maximum atomic E-state index is 12.1. The van der Waals surface area contributed by atoms with Crippen molar-refractivity contribution in [3.05, 3.63) is 45.6 Å². The summed E-state index contributed by atoms with van der Waals surface area (Å²) in [4.78, 5) is 23.0. The van der Waals surface area contributed by atoms with Gasteiger partial charge in [-0.3, -0.25) is 20.0 Å². The number of aromatic nitrogens is 2.